The molecule has 8 aromatic carbocycles. The van der Waals surface area contributed by atoms with Crippen LogP contribution in [0.3, 0.4) is 0 Å². The van der Waals surface area contributed by atoms with Gasteiger partial charge in [-0.1, -0.05) is 182 Å². The van der Waals surface area contributed by atoms with Crippen molar-refractivity contribution in [1.82, 2.24) is 15.0 Å². The zero-order chi connectivity index (χ0) is 33.8. The molecule has 1 heterocycles. The maximum absolute atomic E-state index is 5.28. The van der Waals surface area contributed by atoms with Crippen LogP contribution in [0.15, 0.2) is 188 Å². The lowest BCUT2D eigenvalue weighted by molar-refractivity contribution is 0.768. The minimum atomic E-state index is -0.519. The van der Waals surface area contributed by atoms with Crippen LogP contribution in [-0.4, -0.2) is 15.0 Å². The molecule has 0 bridgehead atoms. The third-order valence-corrected chi connectivity index (χ3v) is 10.4. The molecular weight excluding hydrogens is 619 g/mol. The molecule has 0 fully saturated rings. The molecule has 51 heavy (non-hydrogen) atoms. The van der Waals surface area contributed by atoms with Gasteiger partial charge in [-0.05, 0) is 61.0 Å². The Hall–Kier alpha value is -6.71. The number of rotatable bonds is 5. The van der Waals surface area contributed by atoms with Crippen LogP contribution in [0, 0.1) is 0 Å². The Morgan fingerprint density at radius 1 is 0.314 bits per heavy atom. The molecule has 0 radical (unpaired) electrons. The van der Waals surface area contributed by atoms with Gasteiger partial charge in [0.05, 0.1) is 5.41 Å². The van der Waals surface area contributed by atoms with E-state index in [9.17, 15) is 0 Å². The molecule has 0 amide bonds. The highest BCUT2D eigenvalue weighted by atomic mass is 15.0. The average Bonchev–Trinajstić information content (AvgIpc) is 3.51. The Morgan fingerprint density at radius 3 is 1.37 bits per heavy atom. The second-order valence-corrected chi connectivity index (χ2v) is 13.1. The van der Waals surface area contributed by atoms with Crippen LogP contribution in [0.4, 0.5) is 0 Å². The van der Waals surface area contributed by atoms with E-state index < -0.39 is 5.41 Å². The maximum Gasteiger partial charge on any atom is 0.164 e. The van der Waals surface area contributed by atoms with Crippen LogP contribution in [-0.2, 0) is 5.41 Å². The molecule has 1 aromatic heterocycles. The summed E-state index contributed by atoms with van der Waals surface area (Å²) in [5.74, 6) is 1.95. The van der Waals surface area contributed by atoms with E-state index in [2.05, 4.69) is 188 Å². The molecule has 0 saturated heterocycles. The highest BCUT2D eigenvalue weighted by Crippen LogP contribution is 2.56. The predicted molar refractivity (Wildman–Crippen MR) is 208 cm³/mol. The molecule has 0 N–H and O–H groups in total. The molecule has 0 atom stereocenters. The number of hydrogen-bond acceptors (Lipinski definition) is 3. The SMILES string of the molecule is c1ccc(C2(c3ccccc3)c3ccccc3-c3ccc(-c4nc(-c5cccc6ccccc56)nc(-c5cccc6ccccc56)n4)cc32)cc1. The number of hydrogen-bond donors (Lipinski definition) is 0. The van der Waals surface area contributed by atoms with Gasteiger partial charge in [0.1, 0.15) is 0 Å². The molecule has 1 aliphatic carbocycles. The minimum Gasteiger partial charge on any atom is -0.208 e. The van der Waals surface area contributed by atoms with Gasteiger partial charge in [0.2, 0.25) is 0 Å². The summed E-state index contributed by atoms with van der Waals surface area (Å²) >= 11 is 0. The van der Waals surface area contributed by atoms with Crippen LogP contribution in [0.1, 0.15) is 22.3 Å². The molecule has 238 valence electrons. The zero-order valence-electron chi connectivity index (χ0n) is 27.7. The van der Waals surface area contributed by atoms with Crippen molar-refractivity contribution < 1.29 is 0 Å². The standard InChI is InChI=1S/C48H31N3/c1-3-19-35(20-4-1)48(36-21-5-2-6-22-36)43-28-12-11-25-39(43)40-30-29-34(31-44(40)48)45-49-46(41-26-13-17-32-15-7-9-23-37(32)41)51-47(50-45)42-27-14-18-33-16-8-10-24-38(33)42/h1-31H. The summed E-state index contributed by atoms with van der Waals surface area (Å²) in [6.07, 6.45) is 0. The van der Waals surface area contributed by atoms with Gasteiger partial charge in [-0.15, -0.1) is 0 Å². The first kappa shape index (κ1) is 29.2. The Morgan fingerprint density at radius 2 is 0.765 bits per heavy atom. The largest absolute Gasteiger partial charge is 0.208 e. The van der Waals surface area contributed by atoms with Crippen molar-refractivity contribution in [1.29, 1.82) is 0 Å². The van der Waals surface area contributed by atoms with Gasteiger partial charge in [0, 0.05) is 16.7 Å². The summed E-state index contributed by atoms with van der Waals surface area (Å²) in [5.41, 5.74) is 9.80. The van der Waals surface area contributed by atoms with Crippen molar-refractivity contribution in [3.8, 4) is 45.3 Å². The van der Waals surface area contributed by atoms with E-state index >= 15 is 0 Å². The molecule has 3 nitrogen and oxygen atoms in total. The van der Waals surface area contributed by atoms with Crippen LogP contribution >= 0.6 is 0 Å². The van der Waals surface area contributed by atoms with Crippen LogP contribution in [0.5, 0.6) is 0 Å². The Labute approximate surface area is 296 Å². The first-order valence-electron chi connectivity index (χ1n) is 17.4. The van der Waals surface area contributed by atoms with Crippen LogP contribution < -0.4 is 0 Å². The molecule has 0 aliphatic heterocycles. The van der Waals surface area contributed by atoms with E-state index in [4.69, 9.17) is 15.0 Å². The molecule has 0 spiro atoms. The first-order valence-corrected chi connectivity index (χ1v) is 17.4. The summed E-state index contributed by atoms with van der Waals surface area (Å²) in [5, 5.41) is 4.51. The number of fused-ring (bicyclic) bond motifs is 5. The van der Waals surface area contributed by atoms with Crippen LogP contribution in [0.25, 0.3) is 66.8 Å². The van der Waals surface area contributed by atoms with E-state index in [1.807, 2.05) is 0 Å². The zero-order valence-corrected chi connectivity index (χ0v) is 27.7. The van der Waals surface area contributed by atoms with E-state index in [1.54, 1.807) is 0 Å². The summed E-state index contributed by atoms with van der Waals surface area (Å²) < 4.78 is 0. The third kappa shape index (κ3) is 4.56. The first-order chi connectivity index (χ1) is 25.3. The molecule has 0 saturated carbocycles. The van der Waals surface area contributed by atoms with Crippen LogP contribution in [0.2, 0.25) is 0 Å². The summed E-state index contributed by atoms with van der Waals surface area (Å²) in [6, 6.07) is 66.9. The lowest BCUT2D eigenvalue weighted by Crippen LogP contribution is -2.28. The minimum absolute atomic E-state index is 0.519. The number of nitrogens with zero attached hydrogens (tertiary/aromatic N) is 3. The lowest BCUT2D eigenvalue weighted by atomic mass is 9.67. The molecule has 1 aliphatic rings. The van der Waals surface area contributed by atoms with Crippen molar-refractivity contribution in [2.75, 3.05) is 0 Å². The lowest BCUT2D eigenvalue weighted by Gasteiger charge is -2.34. The monoisotopic (exact) mass is 649 g/mol. The van der Waals surface area contributed by atoms with E-state index in [0.29, 0.717) is 17.5 Å². The van der Waals surface area contributed by atoms with Gasteiger partial charge in [0.25, 0.3) is 0 Å². The Kier molecular flexibility index (Phi) is 6.71. The fraction of sp³-hybridized carbons (Fsp3) is 0.0208. The van der Waals surface area contributed by atoms with E-state index in [1.165, 1.54) is 33.4 Å². The number of benzene rings is 8. The van der Waals surface area contributed by atoms with Crippen molar-refractivity contribution >= 4 is 21.5 Å². The topological polar surface area (TPSA) is 38.7 Å². The highest BCUT2D eigenvalue weighted by molar-refractivity contribution is 5.98. The Bertz CT molecular complexity index is 2600. The third-order valence-electron chi connectivity index (χ3n) is 10.4. The summed E-state index contributed by atoms with van der Waals surface area (Å²) in [7, 11) is 0. The Balaban J connectivity index is 1.26. The van der Waals surface area contributed by atoms with Crippen molar-refractivity contribution in [3.05, 3.63) is 210 Å². The van der Waals surface area contributed by atoms with Gasteiger partial charge in [-0.25, -0.2) is 15.0 Å². The molecule has 9 aromatic rings. The fourth-order valence-electron chi connectivity index (χ4n) is 8.17. The normalized spacial score (nSPS) is 12.9. The molecule has 10 rings (SSSR count). The second-order valence-electron chi connectivity index (χ2n) is 13.1. The van der Waals surface area contributed by atoms with Gasteiger partial charge in [0.15, 0.2) is 17.5 Å². The van der Waals surface area contributed by atoms with E-state index in [0.717, 1.165) is 38.2 Å². The van der Waals surface area contributed by atoms with Gasteiger partial charge < -0.3 is 0 Å². The van der Waals surface area contributed by atoms with Gasteiger partial charge in [-0.3, -0.25) is 0 Å². The van der Waals surface area contributed by atoms with Crippen molar-refractivity contribution in [2.24, 2.45) is 0 Å². The molecule has 3 heteroatoms. The maximum atomic E-state index is 5.28. The molecule has 0 unspecified atom stereocenters. The smallest absolute Gasteiger partial charge is 0.164 e. The summed E-state index contributed by atoms with van der Waals surface area (Å²) in [6.45, 7) is 0. The highest BCUT2D eigenvalue weighted by Gasteiger charge is 2.46. The van der Waals surface area contributed by atoms with E-state index in [-0.39, 0.29) is 0 Å². The number of aromatic nitrogens is 3. The second kappa shape index (κ2) is 11.7. The quantitative estimate of drug-likeness (QED) is 0.186. The van der Waals surface area contributed by atoms with Crippen molar-refractivity contribution in [2.45, 2.75) is 5.41 Å². The van der Waals surface area contributed by atoms with Crippen molar-refractivity contribution in [3.63, 3.8) is 0 Å². The molecular formula is C48H31N3. The summed E-state index contributed by atoms with van der Waals surface area (Å²) in [4.78, 5) is 15.8. The predicted octanol–water partition coefficient (Wildman–Crippen LogP) is 11.5. The fourth-order valence-corrected chi connectivity index (χ4v) is 8.17. The van der Waals surface area contributed by atoms with Gasteiger partial charge >= 0.3 is 0 Å². The average molecular weight is 650 g/mol. The van der Waals surface area contributed by atoms with Gasteiger partial charge in [-0.2, -0.15) is 0 Å².